The first-order valence-electron chi connectivity index (χ1n) is 6.24. The van der Waals surface area contributed by atoms with Gasteiger partial charge in [0.05, 0.1) is 0 Å². The third kappa shape index (κ3) is 3.40. The summed E-state index contributed by atoms with van der Waals surface area (Å²) in [5.41, 5.74) is 2.32. The van der Waals surface area contributed by atoms with Crippen LogP contribution >= 0.6 is 59.1 Å². The van der Waals surface area contributed by atoms with E-state index < -0.39 is 0 Å². The molecule has 2 aliphatic heterocycles. The quantitative estimate of drug-likeness (QED) is 0.333. The van der Waals surface area contributed by atoms with Crippen molar-refractivity contribution in [3.8, 4) is 11.5 Å². The molecular weight excluding hydrogens is 518 g/mol. The Labute approximate surface area is 150 Å². The summed E-state index contributed by atoms with van der Waals surface area (Å²) in [6, 6.07) is 4.32. The van der Waals surface area contributed by atoms with Gasteiger partial charge in [-0.1, -0.05) is 0 Å². The van der Waals surface area contributed by atoms with Crippen molar-refractivity contribution in [3.05, 3.63) is 23.3 Å². The van der Waals surface area contributed by atoms with Gasteiger partial charge in [0.15, 0.2) is 7.57 Å². The third-order valence-corrected chi connectivity index (χ3v) is 7.54. The maximum absolute atomic E-state index is 5.92. The molecular formula is C10H14B2I2N2O2P2. The third-order valence-electron chi connectivity index (χ3n) is 3.46. The predicted molar refractivity (Wildman–Crippen MR) is 107 cm³/mol. The van der Waals surface area contributed by atoms with E-state index in [0.717, 1.165) is 24.6 Å². The van der Waals surface area contributed by atoms with Crippen LogP contribution in [0, 0.1) is 0 Å². The van der Waals surface area contributed by atoms with Crippen LogP contribution in [-0.2, 0) is 13.1 Å². The topological polar surface area (TPSA) is 24.9 Å². The Morgan fingerprint density at radius 2 is 1.80 bits per heavy atom. The van der Waals surface area contributed by atoms with E-state index in [1.54, 1.807) is 0 Å². The number of fused-ring (bicyclic) bond motifs is 2. The highest BCUT2D eigenvalue weighted by Crippen LogP contribution is 2.47. The molecule has 1 aromatic rings. The molecule has 4 nitrogen and oxygen atoms in total. The van der Waals surface area contributed by atoms with Crippen LogP contribution in [0.1, 0.15) is 11.1 Å². The van der Waals surface area contributed by atoms with Gasteiger partial charge in [-0.3, -0.25) is 4.81 Å². The molecule has 2 aliphatic rings. The van der Waals surface area contributed by atoms with E-state index >= 15 is 0 Å². The van der Waals surface area contributed by atoms with Crippen molar-refractivity contribution in [1.82, 2.24) is 9.48 Å². The molecule has 0 bridgehead atoms. The number of nitrogens with zero attached hydrogens (tertiary/aromatic N) is 2. The van der Waals surface area contributed by atoms with E-state index in [0.29, 0.717) is 17.9 Å². The first-order chi connectivity index (χ1) is 9.54. The van der Waals surface area contributed by atoms with E-state index in [4.69, 9.17) is 9.47 Å². The van der Waals surface area contributed by atoms with E-state index in [1.807, 2.05) is 0 Å². The summed E-state index contributed by atoms with van der Waals surface area (Å²) in [7, 11) is 5.05. The Kier molecular flexibility index (Phi) is 5.42. The van der Waals surface area contributed by atoms with Crippen LogP contribution in [0.15, 0.2) is 12.1 Å². The van der Waals surface area contributed by atoms with Gasteiger partial charge < -0.3 is 9.47 Å². The maximum atomic E-state index is 5.92. The number of hydrogen-bond acceptors (Lipinski definition) is 4. The number of halogens is 2. The molecule has 0 N–H and O–H groups in total. The van der Waals surface area contributed by atoms with Crippen molar-refractivity contribution in [2.45, 2.75) is 13.1 Å². The van der Waals surface area contributed by atoms with Gasteiger partial charge in [-0.25, -0.2) is 4.67 Å². The molecule has 3 rings (SSSR count). The van der Waals surface area contributed by atoms with Gasteiger partial charge in [-0.15, -0.1) is 31.5 Å². The van der Waals surface area contributed by atoms with Crippen LogP contribution < -0.4 is 9.47 Å². The lowest BCUT2D eigenvalue weighted by Crippen LogP contribution is -2.37. The average Bonchev–Trinajstić information content (AvgIpc) is 2.43. The second-order valence-electron chi connectivity index (χ2n) is 4.84. The summed E-state index contributed by atoms with van der Waals surface area (Å²) in [6.07, 6.45) is 0. The minimum Gasteiger partial charge on any atom is -0.479 e. The second kappa shape index (κ2) is 6.75. The average molecular weight is 532 g/mol. The van der Waals surface area contributed by atoms with Gasteiger partial charge in [-0.2, -0.15) is 0 Å². The zero-order chi connectivity index (χ0) is 14.3. The van der Waals surface area contributed by atoms with Crippen LogP contribution in [-0.4, -0.2) is 34.9 Å². The summed E-state index contributed by atoms with van der Waals surface area (Å²) in [5, 5.41) is 0. The number of ether oxygens (including phenoxy) is 2. The van der Waals surface area contributed by atoms with Gasteiger partial charge in [0.1, 0.15) is 25.0 Å². The molecule has 2 unspecified atom stereocenters. The van der Waals surface area contributed by atoms with Crippen LogP contribution in [0.2, 0.25) is 0 Å². The van der Waals surface area contributed by atoms with Gasteiger partial charge in [0, 0.05) is 24.2 Å². The van der Waals surface area contributed by atoms with Crippen molar-refractivity contribution in [2.75, 3.05) is 13.5 Å². The molecule has 10 heteroatoms. The smallest absolute Gasteiger partial charge is 0.322 e. The second-order valence-corrected chi connectivity index (χ2v) is 13.8. The van der Waals surface area contributed by atoms with E-state index in [-0.39, 0.29) is 5.59 Å². The highest BCUT2D eigenvalue weighted by atomic mass is 127. The van der Waals surface area contributed by atoms with Gasteiger partial charge in [0.2, 0.25) is 0 Å². The molecule has 0 saturated carbocycles. The summed E-state index contributed by atoms with van der Waals surface area (Å²) < 4.78 is 14.6. The summed E-state index contributed by atoms with van der Waals surface area (Å²) in [6.45, 7) is 3.22. The Morgan fingerprint density at radius 1 is 1.20 bits per heavy atom. The molecule has 0 saturated heterocycles. The highest BCUT2D eigenvalue weighted by Gasteiger charge is 2.27. The van der Waals surface area contributed by atoms with E-state index in [2.05, 4.69) is 82.7 Å². The van der Waals surface area contributed by atoms with Crippen LogP contribution in [0.25, 0.3) is 0 Å². The number of rotatable bonds is 2. The molecule has 2 heterocycles. The lowest BCUT2D eigenvalue weighted by atomic mass is 10.1. The number of benzene rings is 1. The fourth-order valence-corrected chi connectivity index (χ4v) is 4.24. The van der Waals surface area contributed by atoms with Gasteiger partial charge in [0.25, 0.3) is 0 Å². The van der Waals surface area contributed by atoms with Crippen molar-refractivity contribution in [1.29, 1.82) is 0 Å². The monoisotopic (exact) mass is 532 g/mol. The SMILES string of the molecule is BP(I)N1COc2cc3c(cc2C1)OCN(B(P)I)C3. The van der Waals surface area contributed by atoms with Crippen LogP contribution in [0.3, 0.4) is 0 Å². The summed E-state index contributed by atoms with van der Waals surface area (Å²) in [4.78, 5) is 2.27. The highest BCUT2D eigenvalue weighted by molar-refractivity contribution is 14.2. The zero-order valence-corrected chi connectivity index (χ0v) is 17.4. The Morgan fingerprint density at radius 3 is 2.40 bits per heavy atom. The van der Waals surface area contributed by atoms with Gasteiger partial charge >= 0.3 is 4.42 Å². The minimum atomic E-state index is -0.145. The van der Waals surface area contributed by atoms with Crippen molar-refractivity contribution in [2.24, 2.45) is 0 Å². The molecule has 0 aliphatic carbocycles. The van der Waals surface area contributed by atoms with E-state index in [9.17, 15) is 0 Å². The lowest BCUT2D eigenvalue weighted by molar-refractivity contribution is 0.161. The Balaban J connectivity index is 1.85. The molecule has 106 valence electrons. The molecule has 0 amide bonds. The molecule has 20 heavy (non-hydrogen) atoms. The largest absolute Gasteiger partial charge is 0.479 e. The molecule has 0 aromatic heterocycles. The number of hydrogen-bond donors (Lipinski definition) is 0. The predicted octanol–water partition coefficient (Wildman–Crippen LogP) is 2.58. The fourth-order valence-electron chi connectivity index (χ4n) is 2.30. The molecule has 0 radical (unpaired) electrons. The van der Waals surface area contributed by atoms with Crippen LogP contribution in [0.5, 0.6) is 11.5 Å². The molecule has 0 fully saturated rings. The van der Waals surface area contributed by atoms with Crippen molar-refractivity contribution >= 4 is 71.1 Å². The lowest BCUT2D eigenvalue weighted by Gasteiger charge is -2.34. The molecule has 0 spiro atoms. The Bertz CT molecular complexity index is 479. The zero-order valence-electron chi connectivity index (χ0n) is 11.1. The summed E-state index contributed by atoms with van der Waals surface area (Å²) >= 11 is 4.87. The normalized spacial score (nSPS) is 20.4. The Hall–Kier alpha value is 1.19. The summed E-state index contributed by atoms with van der Waals surface area (Å²) in [5.74, 6) is 2.04. The molecule has 1 aromatic carbocycles. The van der Waals surface area contributed by atoms with Crippen molar-refractivity contribution in [3.63, 3.8) is 0 Å². The van der Waals surface area contributed by atoms with Gasteiger partial charge in [-0.05, 0) is 39.8 Å². The first-order valence-corrected chi connectivity index (χ1v) is 12.7. The van der Waals surface area contributed by atoms with Crippen LogP contribution in [0.4, 0.5) is 0 Å². The van der Waals surface area contributed by atoms with Crippen molar-refractivity contribution < 1.29 is 9.47 Å². The standard InChI is InChI=1S/C10H14B2I2N2O2P2/c11-20(14)16-4-8-2-9-7(1-10(8)18-6-16)3-15(5-17-9)12(13)19/h1-2H,3-6,11,19H2. The fraction of sp³-hybridized carbons (Fsp3) is 0.400. The molecule has 2 atom stereocenters. The maximum Gasteiger partial charge on any atom is 0.322 e. The first kappa shape index (κ1) is 16.1. The minimum absolute atomic E-state index is 0.145. The van der Waals surface area contributed by atoms with E-state index in [1.165, 1.54) is 11.1 Å².